The lowest BCUT2D eigenvalue weighted by molar-refractivity contribution is -0.186. The first-order valence-electron chi connectivity index (χ1n) is 6.96. The van der Waals surface area contributed by atoms with Gasteiger partial charge in [0.05, 0.1) is 5.92 Å². The number of rotatable bonds is 6. The topological polar surface area (TPSA) is 15.3 Å². The highest BCUT2D eigenvalue weighted by Gasteiger charge is 2.41. The Balaban J connectivity index is 2.26. The van der Waals surface area contributed by atoms with Gasteiger partial charge in [0.25, 0.3) is 0 Å². The zero-order chi connectivity index (χ0) is 13.6. The molecule has 0 amide bonds. The number of hydrogen-bond donors (Lipinski definition) is 1. The molecule has 1 saturated heterocycles. The van der Waals surface area contributed by atoms with Crippen LogP contribution in [0.3, 0.4) is 0 Å². The molecule has 1 N–H and O–H groups in total. The minimum absolute atomic E-state index is 0.185. The summed E-state index contributed by atoms with van der Waals surface area (Å²) >= 11 is 0. The van der Waals surface area contributed by atoms with Gasteiger partial charge in [-0.05, 0) is 52.2 Å². The van der Waals surface area contributed by atoms with Gasteiger partial charge in [-0.15, -0.1) is 0 Å². The van der Waals surface area contributed by atoms with Crippen molar-refractivity contribution in [2.24, 2.45) is 5.92 Å². The number of nitrogens with zero attached hydrogens (tertiary/aromatic N) is 1. The van der Waals surface area contributed by atoms with E-state index < -0.39 is 12.1 Å². The van der Waals surface area contributed by atoms with Gasteiger partial charge in [-0.1, -0.05) is 6.92 Å². The average molecular weight is 266 g/mol. The third-order valence-electron chi connectivity index (χ3n) is 3.59. The Labute approximate surface area is 108 Å². The average Bonchev–Trinajstić information content (AvgIpc) is 2.33. The molecule has 0 aromatic carbocycles. The molecule has 2 atom stereocenters. The van der Waals surface area contributed by atoms with Crippen LogP contribution in [0.5, 0.6) is 0 Å². The van der Waals surface area contributed by atoms with Crippen LogP contribution in [0, 0.1) is 5.92 Å². The highest BCUT2D eigenvalue weighted by Crippen LogP contribution is 2.33. The van der Waals surface area contributed by atoms with Crippen molar-refractivity contribution in [1.29, 1.82) is 0 Å². The summed E-state index contributed by atoms with van der Waals surface area (Å²) in [4.78, 5) is 1.96. The van der Waals surface area contributed by atoms with Crippen molar-refractivity contribution in [2.45, 2.75) is 51.7 Å². The second-order valence-corrected chi connectivity index (χ2v) is 5.33. The summed E-state index contributed by atoms with van der Waals surface area (Å²) in [7, 11) is 0. The van der Waals surface area contributed by atoms with Gasteiger partial charge < -0.3 is 10.2 Å². The van der Waals surface area contributed by atoms with Crippen molar-refractivity contribution in [1.82, 2.24) is 10.2 Å². The molecule has 0 aliphatic carbocycles. The second kappa shape index (κ2) is 7.34. The lowest BCUT2D eigenvalue weighted by Gasteiger charge is -2.34. The predicted octanol–water partition coefficient (Wildman–Crippen LogP) is 3.04. The molecule has 1 heterocycles. The van der Waals surface area contributed by atoms with Crippen molar-refractivity contribution in [3.63, 3.8) is 0 Å². The fourth-order valence-electron chi connectivity index (χ4n) is 2.39. The van der Waals surface area contributed by atoms with Gasteiger partial charge >= 0.3 is 6.18 Å². The molecule has 108 valence electrons. The summed E-state index contributed by atoms with van der Waals surface area (Å²) in [5.41, 5.74) is 0. The molecule has 0 radical (unpaired) electrons. The molecular weight excluding hydrogens is 241 g/mol. The minimum atomic E-state index is -4.02. The molecule has 1 aliphatic rings. The maximum atomic E-state index is 12.6. The Morgan fingerprint density at radius 2 is 2.11 bits per heavy atom. The standard InChI is InChI=1S/C13H25F3N2/c1-3-7-17-11(2)6-9-18-8-4-5-12(10-18)13(14,15)16/h11-12,17H,3-10H2,1-2H3. The van der Waals surface area contributed by atoms with Crippen LogP contribution in [0.4, 0.5) is 13.2 Å². The number of likely N-dealkylation sites (tertiary alicyclic amines) is 1. The van der Waals surface area contributed by atoms with E-state index >= 15 is 0 Å². The molecule has 0 saturated carbocycles. The number of nitrogens with one attached hydrogen (secondary N) is 1. The van der Waals surface area contributed by atoms with Crippen LogP contribution in [0.25, 0.3) is 0 Å². The van der Waals surface area contributed by atoms with Gasteiger partial charge in [0, 0.05) is 12.6 Å². The van der Waals surface area contributed by atoms with Crippen molar-refractivity contribution < 1.29 is 13.2 Å². The minimum Gasteiger partial charge on any atom is -0.314 e. The zero-order valence-electron chi connectivity index (χ0n) is 11.4. The van der Waals surface area contributed by atoms with E-state index in [-0.39, 0.29) is 6.54 Å². The first-order valence-corrected chi connectivity index (χ1v) is 6.96. The van der Waals surface area contributed by atoms with Crippen LogP contribution in [-0.2, 0) is 0 Å². The lowest BCUT2D eigenvalue weighted by atomic mass is 9.97. The van der Waals surface area contributed by atoms with Crippen LogP contribution in [0.1, 0.15) is 39.5 Å². The summed E-state index contributed by atoms with van der Waals surface area (Å²) in [6, 6.07) is 0.385. The van der Waals surface area contributed by atoms with Crippen LogP contribution in [-0.4, -0.2) is 43.3 Å². The van der Waals surface area contributed by atoms with Crippen LogP contribution in [0.15, 0.2) is 0 Å². The molecule has 1 rings (SSSR count). The first kappa shape index (κ1) is 15.8. The predicted molar refractivity (Wildman–Crippen MR) is 67.6 cm³/mol. The zero-order valence-corrected chi connectivity index (χ0v) is 11.4. The molecule has 2 unspecified atom stereocenters. The van der Waals surface area contributed by atoms with Gasteiger partial charge in [0.15, 0.2) is 0 Å². The molecule has 0 aromatic rings. The lowest BCUT2D eigenvalue weighted by Crippen LogP contribution is -2.43. The fraction of sp³-hybridized carbons (Fsp3) is 1.00. The Morgan fingerprint density at radius 1 is 1.39 bits per heavy atom. The summed E-state index contributed by atoms with van der Waals surface area (Å²) in [6.45, 7) is 6.95. The summed E-state index contributed by atoms with van der Waals surface area (Å²) in [5, 5.41) is 3.36. The third-order valence-corrected chi connectivity index (χ3v) is 3.59. The third kappa shape index (κ3) is 5.57. The summed E-state index contributed by atoms with van der Waals surface area (Å²) in [6.07, 6.45) is -1.05. The summed E-state index contributed by atoms with van der Waals surface area (Å²) in [5.74, 6) is -1.12. The number of halogens is 3. The quantitative estimate of drug-likeness (QED) is 0.795. The second-order valence-electron chi connectivity index (χ2n) is 5.33. The van der Waals surface area contributed by atoms with E-state index in [1.165, 1.54) is 0 Å². The van der Waals surface area contributed by atoms with E-state index in [1.54, 1.807) is 0 Å². The van der Waals surface area contributed by atoms with Gasteiger partial charge in [-0.25, -0.2) is 0 Å². The van der Waals surface area contributed by atoms with Crippen LogP contribution in [0.2, 0.25) is 0 Å². The number of alkyl halides is 3. The first-order chi connectivity index (χ1) is 8.43. The van der Waals surface area contributed by atoms with E-state index in [1.807, 2.05) is 4.90 Å². The number of piperidine rings is 1. The molecule has 1 fully saturated rings. The monoisotopic (exact) mass is 266 g/mol. The molecule has 5 heteroatoms. The van der Waals surface area contributed by atoms with E-state index in [0.29, 0.717) is 18.9 Å². The normalized spacial score (nSPS) is 24.2. The fourth-order valence-corrected chi connectivity index (χ4v) is 2.39. The van der Waals surface area contributed by atoms with Crippen LogP contribution < -0.4 is 5.32 Å². The molecule has 0 bridgehead atoms. The molecule has 1 aliphatic heterocycles. The van der Waals surface area contributed by atoms with Crippen molar-refractivity contribution in [3.8, 4) is 0 Å². The number of hydrogen-bond acceptors (Lipinski definition) is 2. The van der Waals surface area contributed by atoms with E-state index in [4.69, 9.17) is 0 Å². The van der Waals surface area contributed by atoms with Gasteiger partial charge in [-0.3, -0.25) is 0 Å². The van der Waals surface area contributed by atoms with E-state index in [9.17, 15) is 13.2 Å². The van der Waals surface area contributed by atoms with Crippen LogP contribution >= 0.6 is 0 Å². The van der Waals surface area contributed by atoms with Gasteiger partial charge in [0.2, 0.25) is 0 Å². The van der Waals surface area contributed by atoms with E-state index in [2.05, 4.69) is 19.2 Å². The molecule has 2 nitrogen and oxygen atoms in total. The Kier molecular flexibility index (Phi) is 6.43. The molecule has 0 spiro atoms. The molecular formula is C13H25F3N2. The smallest absolute Gasteiger partial charge is 0.314 e. The van der Waals surface area contributed by atoms with Gasteiger partial charge in [-0.2, -0.15) is 13.2 Å². The molecule has 18 heavy (non-hydrogen) atoms. The highest BCUT2D eigenvalue weighted by atomic mass is 19.4. The van der Waals surface area contributed by atoms with Crippen molar-refractivity contribution >= 4 is 0 Å². The molecule has 0 aromatic heterocycles. The Bertz CT molecular complexity index is 231. The summed E-state index contributed by atoms with van der Waals surface area (Å²) < 4.78 is 37.9. The van der Waals surface area contributed by atoms with Gasteiger partial charge in [0.1, 0.15) is 0 Å². The maximum Gasteiger partial charge on any atom is 0.393 e. The Hall–Kier alpha value is -0.290. The van der Waals surface area contributed by atoms with Crippen molar-refractivity contribution in [2.75, 3.05) is 26.2 Å². The largest absolute Gasteiger partial charge is 0.393 e. The highest BCUT2D eigenvalue weighted by molar-refractivity contribution is 4.78. The Morgan fingerprint density at radius 3 is 2.72 bits per heavy atom. The maximum absolute atomic E-state index is 12.6. The van der Waals surface area contributed by atoms with Crippen molar-refractivity contribution in [3.05, 3.63) is 0 Å². The van der Waals surface area contributed by atoms with E-state index in [0.717, 1.165) is 32.5 Å². The SMILES string of the molecule is CCCNC(C)CCN1CCCC(C(F)(F)F)C1.